The van der Waals surface area contributed by atoms with Crippen LogP contribution in [0.2, 0.25) is 0 Å². The van der Waals surface area contributed by atoms with Crippen molar-refractivity contribution in [3.63, 3.8) is 0 Å². The lowest BCUT2D eigenvalue weighted by Crippen LogP contribution is -2.13. The van der Waals surface area contributed by atoms with E-state index in [9.17, 15) is 4.79 Å². The van der Waals surface area contributed by atoms with Crippen LogP contribution in [0.25, 0.3) is 0 Å². The molecule has 1 aromatic heterocycles. The number of nitrogens with one attached hydrogen (secondary N) is 1. The monoisotopic (exact) mass is 305 g/mol. The third kappa shape index (κ3) is 2.87. The molecule has 3 N–H and O–H groups in total. The number of carbonyl (C=O) groups is 1. The fraction of sp³-hybridized carbons (Fsp3) is 0.0769. The molecule has 0 spiro atoms. The molecule has 92 valence electrons. The molecule has 0 aliphatic rings. The van der Waals surface area contributed by atoms with Crippen LogP contribution in [0.15, 0.2) is 41.0 Å². The van der Waals surface area contributed by atoms with Gasteiger partial charge in [0.15, 0.2) is 0 Å². The molecule has 0 fully saturated rings. The molecular weight excluding hydrogens is 294 g/mol. The number of hydrogen-bond acceptors (Lipinski definition) is 3. The predicted octanol–water partition coefficient (Wildman–Crippen LogP) is 2.99. The quantitative estimate of drug-likeness (QED) is 0.838. The third-order valence-corrected chi connectivity index (χ3v) is 3.11. The molecule has 4 nitrogen and oxygen atoms in total. The third-order valence-electron chi connectivity index (χ3n) is 2.42. The highest BCUT2D eigenvalue weighted by Gasteiger charge is 2.08. The summed E-state index contributed by atoms with van der Waals surface area (Å²) in [5.41, 5.74) is 7.84. The van der Waals surface area contributed by atoms with Crippen LogP contribution >= 0.6 is 15.9 Å². The Balaban J connectivity index is 2.19. The maximum Gasteiger partial charge on any atom is 0.256 e. The minimum atomic E-state index is -0.214. The molecule has 18 heavy (non-hydrogen) atoms. The Labute approximate surface area is 113 Å². The van der Waals surface area contributed by atoms with E-state index >= 15 is 0 Å². The Morgan fingerprint density at radius 3 is 2.78 bits per heavy atom. The largest absolute Gasteiger partial charge is 0.398 e. The standard InChI is InChI=1S/C13H12BrN3O/c1-8-4-5-16-12(6-8)17-13(18)9-2-3-11(15)10(14)7-9/h2-7H,15H2,1H3,(H,16,17,18). The molecule has 2 rings (SSSR count). The van der Waals surface area contributed by atoms with Gasteiger partial charge in [0.1, 0.15) is 5.82 Å². The number of nitrogens with two attached hydrogens (primary N) is 1. The Kier molecular flexibility index (Phi) is 3.62. The van der Waals surface area contributed by atoms with Crippen LogP contribution in [-0.2, 0) is 0 Å². The second-order valence-corrected chi connectivity index (χ2v) is 4.76. The number of anilines is 2. The van der Waals surface area contributed by atoms with Gasteiger partial charge in [-0.3, -0.25) is 4.79 Å². The maximum absolute atomic E-state index is 12.0. The Hall–Kier alpha value is -1.88. The van der Waals surface area contributed by atoms with Crippen molar-refractivity contribution in [1.29, 1.82) is 0 Å². The molecule has 0 unspecified atom stereocenters. The van der Waals surface area contributed by atoms with Gasteiger partial charge in [-0.25, -0.2) is 4.98 Å². The molecule has 0 aliphatic heterocycles. The number of carbonyl (C=O) groups excluding carboxylic acids is 1. The zero-order chi connectivity index (χ0) is 13.1. The number of amides is 1. The van der Waals surface area contributed by atoms with Gasteiger partial charge >= 0.3 is 0 Å². The first kappa shape index (κ1) is 12.6. The van der Waals surface area contributed by atoms with Crippen LogP contribution < -0.4 is 11.1 Å². The summed E-state index contributed by atoms with van der Waals surface area (Å²) in [5.74, 6) is 0.321. The van der Waals surface area contributed by atoms with E-state index in [1.807, 2.05) is 19.1 Å². The number of pyridine rings is 1. The van der Waals surface area contributed by atoms with Gasteiger partial charge in [0.05, 0.1) is 0 Å². The van der Waals surface area contributed by atoms with Crippen LogP contribution in [0.1, 0.15) is 15.9 Å². The SMILES string of the molecule is Cc1ccnc(NC(=O)c2ccc(N)c(Br)c2)c1. The molecule has 0 radical (unpaired) electrons. The van der Waals surface area contributed by atoms with Gasteiger partial charge in [0.25, 0.3) is 5.91 Å². The lowest BCUT2D eigenvalue weighted by atomic mass is 10.2. The van der Waals surface area contributed by atoms with E-state index in [0.29, 0.717) is 21.5 Å². The van der Waals surface area contributed by atoms with Crippen molar-refractivity contribution in [3.05, 3.63) is 52.1 Å². The molecule has 1 amide bonds. The van der Waals surface area contributed by atoms with Crippen LogP contribution in [-0.4, -0.2) is 10.9 Å². The summed E-state index contributed by atoms with van der Waals surface area (Å²) in [7, 11) is 0. The lowest BCUT2D eigenvalue weighted by molar-refractivity contribution is 0.102. The molecule has 0 atom stereocenters. The first-order chi connectivity index (χ1) is 8.56. The summed E-state index contributed by atoms with van der Waals surface area (Å²) in [6, 6.07) is 8.72. The molecule has 0 bridgehead atoms. The second kappa shape index (κ2) is 5.18. The number of halogens is 1. The number of benzene rings is 1. The van der Waals surface area contributed by atoms with E-state index in [4.69, 9.17) is 5.73 Å². The second-order valence-electron chi connectivity index (χ2n) is 3.91. The van der Waals surface area contributed by atoms with E-state index < -0.39 is 0 Å². The number of hydrogen-bond donors (Lipinski definition) is 2. The molecule has 1 aromatic carbocycles. The first-order valence-electron chi connectivity index (χ1n) is 5.35. The normalized spacial score (nSPS) is 10.1. The Morgan fingerprint density at radius 1 is 1.33 bits per heavy atom. The minimum absolute atomic E-state index is 0.214. The number of aryl methyl sites for hydroxylation is 1. The van der Waals surface area contributed by atoms with Crippen molar-refractivity contribution in [2.24, 2.45) is 0 Å². The number of rotatable bonds is 2. The molecular formula is C13H12BrN3O. The Morgan fingerprint density at radius 2 is 2.11 bits per heavy atom. The minimum Gasteiger partial charge on any atom is -0.398 e. The van der Waals surface area contributed by atoms with Crippen molar-refractivity contribution < 1.29 is 4.79 Å². The molecule has 5 heteroatoms. The summed E-state index contributed by atoms with van der Waals surface area (Å²) in [5, 5.41) is 2.73. The van der Waals surface area contributed by atoms with Crippen LogP contribution in [0.3, 0.4) is 0 Å². The molecule has 0 saturated carbocycles. The summed E-state index contributed by atoms with van der Waals surface area (Å²) < 4.78 is 0.701. The molecule has 0 aliphatic carbocycles. The van der Waals surface area contributed by atoms with Crippen LogP contribution in [0.5, 0.6) is 0 Å². The van der Waals surface area contributed by atoms with E-state index in [-0.39, 0.29) is 5.91 Å². The van der Waals surface area contributed by atoms with Gasteiger partial charge in [-0.2, -0.15) is 0 Å². The van der Waals surface area contributed by atoms with E-state index in [1.165, 1.54) is 0 Å². The smallest absolute Gasteiger partial charge is 0.256 e. The molecule has 0 saturated heterocycles. The van der Waals surface area contributed by atoms with Gasteiger partial charge in [0, 0.05) is 21.9 Å². The number of aromatic nitrogens is 1. The zero-order valence-corrected chi connectivity index (χ0v) is 11.4. The summed E-state index contributed by atoms with van der Waals surface area (Å²) in [4.78, 5) is 16.1. The average molecular weight is 306 g/mol. The maximum atomic E-state index is 12.0. The van der Waals surface area contributed by atoms with Crippen molar-refractivity contribution in [2.75, 3.05) is 11.1 Å². The van der Waals surface area contributed by atoms with Gasteiger partial charge in [-0.1, -0.05) is 0 Å². The average Bonchev–Trinajstić information content (AvgIpc) is 2.32. The summed E-state index contributed by atoms with van der Waals surface area (Å²) in [6.07, 6.45) is 1.66. The predicted molar refractivity (Wildman–Crippen MR) is 75.5 cm³/mol. The van der Waals surface area contributed by atoms with Gasteiger partial charge in [-0.05, 0) is 58.7 Å². The van der Waals surface area contributed by atoms with E-state index in [0.717, 1.165) is 5.56 Å². The molecule has 2 aromatic rings. The highest BCUT2D eigenvalue weighted by atomic mass is 79.9. The first-order valence-corrected chi connectivity index (χ1v) is 6.14. The van der Waals surface area contributed by atoms with Crippen LogP contribution in [0, 0.1) is 6.92 Å². The van der Waals surface area contributed by atoms with Crippen molar-refractivity contribution in [3.8, 4) is 0 Å². The van der Waals surface area contributed by atoms with Crippen LogP contribution in [0.4, 0.5) is 11.5 Å². The highest BCUT2D eigenvalue weighted by molar-refractivity contribution is 9.10. The van der Waals surface area contributed by atoms with Crippen molar-refractivity contribution >= 4 is 33.3 Å². The fourth-order valence-electron chi connectivity index (χ4n) is 1.46. The number of nitrogen functional groups attached to an aromatic ring is 1. The van der Waals surface area contributed by atoms with Crippen molar-refractivity contribution in [2.45, 2.75) is 6.92 Å². The van der Waals surface area contributed by atoms with Gasteiger partial charge in [-0.15, -0.1) is 0 Å². The zero-order valence-electron chi connectivity index (χ0n) is 9.77. The summed E-state index contributed by atoms with van der Waals surface area (Å²) >= 11 is 3.29. The van der Waals surface area contributed by atoms with Gasteiger partial charge in [0.2, 0.25) is 0 Å². The van der Waals surface area contributed by atoms with Gasteiger partial charge < -0.3 is 11.1 Å². The van der Waals surface area contributed by atoms with Crippen molar-refractivity contribution in [1.82, 2.24) is 4.98 Å². The Bertz CT molecular complexity index is 599. The lowest BCUT2D eigenvalue weighted by Gasteiger charge is -2.06. The summed E-state index contributed by atoms with van der Waals surface area (Å²) in [6.45, 7) is 1.94. The highest BCUT2D eigenvalue weighted by Crippen LogP contribution is 2.21. The van der Waals surface area contributed by atoms with E-state index in [2.05, 4.69) is 26.2 Å². The molecule has 1 heterocycles. The number of nitrogens with zero attached hydrogens (tertiary/aromatic N) is 1. The van der Waals surface area contributed by atoms with E-state index in [1.54, 1.807) is 24.4 Å². The fourth-order valence-corrected chi connectivity index (χ4v) is 1.84. The topological polar surface area (TPSA) is 68.0 Å².